The predicted octanol–water partition coefficient (Wildman–Crippen LogP) is 5.72. The number of carbonyl (C=O) groups is 3. The van der Waals surface area contributed by atoms with Crippen molar-refractivity contribution in [2.75, 3.05) is 26.3 Å². The summed E-state index contributed by atoms with van der Waals surface area (Å²) in [6.07, 6.45) is 8.46. The number of carboxylic acid groups (broad SMARTS) is 1. The number of aliphatic carboxylic acids is 1. The van der Waals surface area contributed by atoms with Crippen molar-refractivity contribution >= 4 is 34.7 Å². The van der Waals surface area contributed by atoms with E-state index in [9.17, 15) is 19.5 Å². The molecule has 0 saturated carbocycles. The van der Waals surface area contributed by atoms with Gasteiger partial charge >= 0.3 is 5.97 Å². The van der Waals surface area contributed by atoms with E-state index < -0.39 is 23.7 Å². The summed E-state index contributed by atoms with van der Waals surface area (Å²) in [6.45, 7) is 12.2. The van der Waals surface area contributed by atoms with Crippen molar-refractivity contribution in [3.8, 4) is 11.4 Å². The van der Waals surface area contributed by atoms with Gasteiger partial charge in [0.2, 0.25) is 5.91 Å². The number of aromatic nitrogens is 2. The summed E-state index contributed by atoms with van der Waals surface area (Å²) < 4.78 is 12.3. The molecule has 10 nitrogen and oxygen atoms in total. The zero-order chi connectivity index (χ0) is 34.3. The fourth-order valence-corrected chi connectivity index (χ4v) is 7.03. The average Bonchev–Trinajstić information content (AvgIpc) is 3.54. The summed E-state index contributed by atoms with van der Waals surface area (Å²) in [5, 5.41) is 12.2. The van der Waals surface area contributed by atoms with Crippen LogP contribution < -0.4 is 5.32 Å². The Balaban J connectivity index is 1.11. The Hall–Kier alpha value is -3.93. The van der Waals surface area contributed by atoms with Gasteiger partial charge < -0.3 is 24.8 Å². The molecule has 1 unspecified atom stereocenters. The molecular formula is C37H44N4O6S. The van der Waals surface area contributed by atoms with E-state index in [4.69, 9.17) is 9.47 Å². The third-order valence-corrected chi connectivity index (χ3v) is 10.8. The first kappa shape index (κ1) is 34.0. The minimum absolute atomic E-state index is 0.0365. The lowest BCUT2D eigenvalue weighted by Crippen LogP contribution is -2.59. The van der Waals surface area contributed by atoms with Crippen LogP contribution in [0, 0.1) is 11.3 Å². The van der Waals surface area contributed by atoms with Gasteiger partial charge in [0.15, 0.2) is 11.6 Å². The minimum atomic E-state index is -0.921. The number of carboxylic acids is 1. The van der Waals surface area contributed by atoms with Crippen LogP contribution >= 0.6 is 11.3 Å². The summed E-state index contributed by atoms with van der Waals surface area (Å²) in [7, 11) is 0. The molecule has 2 amide bonds. The number of carbonyl (C=O) groups excluding carboxylic acids is 2. The van der Waals surface area contributed by atoms with Gasteiger partial charge in [0.1, 0.15) is 6.04 Å². The Kier molecular flexibility index (Phi) is 9.32. The second-order valence-corrected chi connectivity index (χ2v) is 16.1. The van der Waals surface area contributed by atoms with Gasteiger partial charge in [-0.05, 0) is 35.1 Å². The molecule has 3 aliphatic rings. The predicted molar refractivity (Wildman–Crippen MR) is 183 cm³/mol. The fraction of sp³-hybridized carbons (Fsp3) is 0.486. The summed E-state index contributed by atoms with van der Waals surface area (Å²) >= 11 is 1.41. The number of ether oxygens (including phenoxy) is 2. The number of allylic oxidation sites excluding steroid dienone is 1. The van der Waals surface area contributed by atoms with E-state index in [0.29, 0.717) is 30.3 Å². The van der Waals surface area contributed by atoms with E-state index in [-0.39, 0.29) is 42.2 Å². The van der Waals surface area contributed by atoms with Gasteiger partial charge in [-0.25, -0.2) is 9.97 Å². The molecule has 254 valence electrons. The number of nitrogens with one attached hydrogen (secondary N) is 1. The topological polar surface area (TPSA) is 131 Å². The first-order chi connectivity index (χ1) is 22.7. The van der Waals surface area contributed by atoms with Crippen LogP contribution in [-0.4, -0.2) is 75.9 Å². The molecule has 2 fully saturated rings. The van der Waals surface area contributed by atoms with Crippen molar-refractivity contribution < 1.29 is 29.0 Å². The Morgan fingerprint density at radius 3 is 2.25 bits per heavy atom. The summed E-state index contributed by atoms with van der Waals surface area (Å²) in [5.74, 6) is -2.04. The van der Waals surface area contributed by atoms with Crippen LogP contribution in [0.1, 0.15) is 79.6 Å². The second kappa shape index (κ2) is 13.2. The first-order valence-corrected chi connectivity index (χ1v) is 17.3. The molecule has 2 aliphatic heterocycles. The summed E-state index contributed by atoms with van der Waals surface area (Å²) in [5.41, 5.74) is 3.79. The highest BCUT2D eigenvalue weighted by Gasteiger charge is 2.42. The minimum Gasteiger partial charge on any atom is -0.481 e. The Labute approximate surface area is 285 Å². The molecule has 6 rings (SSSR count). The molecule has 1 atom stereocenters. The van der Waals surface area contributed by atoms with E-state index in [1.807, 2.05) is 42.7 Å². The van der Waals surface area contributed by atoms with E-state index in [1.54, 1.807) is 6.07 Å². The maximum atomic E-state index is 13.5. The van der Waals surface area contributed by atoms with Crippen molar-refractivity contribution in [1.29, 1.82) is 0 Å². The highest BCUT2D eigenvalue weighted by molar-refractivity contribution is 7.14. The highest BCUT2D eigenvalue weighted by Crippen LogP contribution is 2.40. The third-order valence-electron chi connectivity index (χ3n) is 9.28. The quantitative estimate of drug-likeness (QED) is 0.311. The van der Waals surface area contributed by atoms with Crippen molar-refractivity contribution in [2.24, 2.45) is 11.3 Å². The van der Waals surface area contributed by atoms with Crippen molar-refractivity contribution in [3.63, 3.8) is 0 Å². The monoisotopic (exact) mass is 672 g/mol. The number of rotatable bonds is 8. The lowest BCUT2D eigenvalue weighted by molar-refractivity contribution is -0.300. The standard InChI is InChI=1S/C37H44N4O6S/c1-35(2,3)30-11-10-29(48-30)32(42)40-28(33(43)41-19-27(20-41)34(44)45)16-23-6-8-25(9-7-23)31-38-17-26(18-39-31)24-12-14-37(15-13-24)46-21-36(4,5)22-47-37/h6-12,17-18,27-28H,13-16,19-22H2,1-5H3,(H,40,42)(H,44,45). The molecule has 1 aromatic carbocycles. The Morgan fingerprint density at radius 2 is 1.69 bits per heavy atom. The van der Waals surface area contributed by atoms with Crippen molar-refractivity contribution in [2.45, 2.75) is 77.5 Å². The number of nitrogens with zero attached hydrogens (tertiary/aromatic N) is 3. The van der Waals surface area contributed by atoms with E-state index in [2.05, 4.69) is 56.0 Å². The third kappa shape index (κ3) is 7.53. The van der Waals surface area contributed by atoms with E-state index >= 15 is 0 Å². The molecule has 3 aromatic rings. The molecule has 11 heteroatoms. The molecule has 0 bridgehead atoms. The first-order valence-electron chi connectivity index (χ1n) is 16.5. The maximum Gasteiger partial charge on any atom is 0.310 e. The lowest BCUT2D eigenvalue weighted by atomic mass is 9.88. The maximum absolute atomic E-state index is 13.5. The number of hydrogen-bond acceptors (Lipinski definition) is 8. The number of likely N-dealkylation sites (tertiary alicyclic amines) is 1. The van der Waals surface area contributed by atoms with Crippen LogP contribution in [0.5, 0.6) is 0 Å². The van der Waals surface area contributed by atoms with Gasteiger partial charge in [0.25, 0.3) is 5.91 Å². The van der Waals surface area contributed by atoms with Gasteiger partial charge in [-0.1, -0.05) is 65.0 Å². The molecule has 1 spiro atoms. The normalized spacial score (nSPS) is 19.7. The van der Waals surface area contributed by atoms with Crippen LogP contribution in [0.4, 0.5) is 0 Å². The van der Waals surface area contributed by atoms with Crippen LogP contribution in [-0.2, 0) is 30.9 Å². The highest BCUT2D eigenvalue weighted by atomic mass is 32.1. The fourth-order valence-electron chi connectivity index (χ4n) is 6.07. The van der Waals surface area contributed by atoms with E-state index in [0.717, 1.165) is 34.4 Å². The van der Waals surface area contributed by atoms with Gasteiger partial charge in [-0.2, -0.15) is 0 Å². The Bertz CT molecular complexity index is 1690. The number of hydrogen-bond donors (Lipinski definition) is 2. The largest absolute Gasteiger partial charge is 0.481 e. The van der Waals surface area contributed by atoms with Crippen LogP contribution in [0.3, 0.4) is 0 Å². The molecule has 0 radical (unpaired) electrons. The molecule has 1 aliphatic carbocycles. The lowest BCUT2D eigenvalue weighted by Gasteiger charge is -2.44. The SMILES string of the molecule is CC1(C)COC2(CC=C(c3cnc(-c4ccc(CC(NC(=O)c5ccc(C(C)(C)C)s5)C(=O)N5CC(C(=O)O)C5)cc4)nc3)CC2)OC1. The van der Waals surface area contributed by atoms with Gasteiger partial charge in [0.05, 0.1) is 24.0 Å². The van der Waals surface area contributed by atoms with E-state index in [1.165, 1.54) is 21.8 Å². The number of thiophene rings is 1. The summed E-state index contributed by atoms with van der Waals surface area (Å²) in [6, 6.07) is 10.5. The van der Waals surface area contributed by atoms with Crippen LogP contribution in [0.15, 0.2) is 54.9 Å². The van der Waals surface area contributed by atoms with Crippen molar-refractivity contribution in [1.82, 2.24) is 20.2 Å². The zero-order valence-electron chi connectivity index (χ0n) is 28.2. The molecule has 48 heavy (non-hydrogen) atoms. The zero-order valence-corrected chi connectivity index (χ0v) is 29.1. The van der Waals surface area contributed by atoms with Crippen LogP contribution in [0.2, 0.25) is 0 Å². The average molecular weight is 673 g/mol. The summed E-state index contributed by atoms with van der Waals surface area (Å²) in [4.78, 5) is 50.5. The van der Waals surface area contributed by atoms with Gasteiger partial charge in [-0.3, -0.25) is 14.4 Å². The molecule has 2 N–H and O–H groups in total. The smallest absolute Gasteiger partial charge is 0.310 e. The number of amides is 2. The molecular weight excluding hydrogens is 628 g/mol. The Morgan fingerprint density at radius 1 is 1.02 bits per heavy atom. The molecule has 4 heterocycles. The molecule has 2 saturated heterocycles. The second-order valence-electron chi connectivity index (χ2n) is 15.0. The van der Waals surface area contributed by atoms with Crippen molar-refractivity contribution in [3.05, 3.63) is 75.7 Å². The van der Waals surface area contributed by atoms with Gasteiger partial charge in [-0.15, -0.1) is 11.3 Å². The number of benzene rings is 1. The van der Waals surface area contributed by atoms with Gasteiger partial charge in [0, 0.05) is 66.2 Å². The molecule has 2 aromatic heterocycles. The van der Waals surface area contributed by atoms with Crippen LogP contribution in [0.25, 0.3) is 17.0 Å².